The molecule has 0 saturated heterocycles. The van der Waals surface area contributed by atoms with Gasteiger partial charge in [0.2, 0.25) is 0 Å². The molecule has 0 radical (unpaired) electrons. The minimum Gasteiger partial charge on any atom is -0.389 e. The number of hydrogen-bond acceptors (Lipinski definition) is 1. The van der Waals surface area contributed by atoms with Crippen LogP contribution in [0.1, 0.15) is 31.1 Å². The highest BCUT2D eigenvalue weighted by molar-refractivity contribution is 5.23. The molecular weight excluding hydrogens is 136 g/mol. The lowest BCUT2D eigenvalue weighted by atomic mass is 10.1. The first-order valence-corrected chi connectivity index (χ1v) is 4.01. The van der Waals surface area contributed by atoms with Crippen LogP contribution in [0.25, 0.3) is 0 Å². The number of aliphatic hydroxyl groups excluding tert-OH is 1. The Morgan fingerprint density at radius 1 is 1.27 bits per heavy atom. The van der Waals surface area contributed by atoms with Crippen LogP contribution in [0.2, 0.25) is 0 Å². The number of aliphatic hydroxyl groups is 1. The first-order chi connectivity index (χ1) is 5.24. The summed E-state index contributed by atoms with van der Waals surface area (Å²) in [5, 5.41) is 9.19. The van der Waals surface area contributed by atoms with Gasteiger partial charge < -0.3 is 5.11 Å². The van der Waals surface area contributed by atoms with E-state index >= 15 is 0 Å². The van der Waals surface area contributed by atoms with Gasteiger partial charge in [-0.05, 0) is 24.5 Å². The van der Waals surface area contributed by atoms with E-state index in [0.29, 0.717) is 0 Å². The lowest BCUT2D eigenvalue weighted by Crippen LogP contribution is -1.90. The SMILES string of the molecule is CCc1ccc([C@@H](C)O)cc1. The van der Waals surface area contributed by atoms with Crippen molar-refractivity contribution in [1.82, 2.24) is 0 Å². The topological polar surface area (TPSA) is 20.2 Å². The van der Waals surface area contributed by atoms with Crippen LogP contribution in [0.5, 0.6) is 0 Å². The summed E-state index contributed by atoms with van der Waals surface area (Å²) in [6.07, 6.45) is 0.709. The fraction of sp³-hybridized carbons (Fsp3) is 0.400. The second kappa shape index (κ2) is 3.54. The maximum Gasteiger partial charge on any atom is 0.0761 e. The van der Waals surface area contributed by atoms with E-state index in [2.05, 4.69) is 19.1 Å². The van der Waals surface area contributed by atoms with E-state index in [1.165, 1.54) is 5.56 Å². The molecule has 0 bridgehead atoms. The molecule has 0 spiro atoms. The summed E-state index contributed by atoms with van der Waals surface area (Å²) in [5.41, 5.74) is 2.30. The zero-order valence-electron chi connectivity index (χ0n) is 7.04. The molecule has 1 atom stereocenters. The lowest BCUT2D eigenvalue weighted by Gasteiger charge is -2.04. The zero-order valence-corrected chi connectivity index (χ0v) is 7.04. The van der Waals surface area contributed by atoms with E-state index in [9.17, 15) is 5.11 Å². The van der Waals surface area contributed by atoms with Gasteiger partial charge in [0.25, 0.3) is 0 Å². The molecule has 0 aliphatic carbocycles. The normalized spacial score (nSPS) is 13.0. The van der Waals surface area contributed by atoms with Gasteiger partial charge in [-0.25, -0.2) is 0 Å². The first-order valence-electron chi connectivity index (χ1n) is 4.01. The van der Waals surface area contributed by atoms with Crippen LogP contribution in [-0.2, 0) is 6.42 Å². The summed E-state index contributed by atoms with van der Waals surface area (Å²) >= 11 is 0. The third kappa shape index (κ3) is 2.05. The Bertz CT molecular complexity index is 211. The molecule has 60 valence electrons. The molecule has 0 heterocycles. The first kappa shape index (κ1) is 8.28. The van der Waals surface area contributed by atoms with Crippen molar-refractivity contribution >= 4 is 0 Å². The predicted octanol–water partition coefficient (Wildman–Crippen LogP) is 2.30. The summed E-state index contributed by atoms with van der Waals surface area (Å²) in [5.74, 6) is 0. The molecule has 1 heteroatoms. The van der Waals surface area contributed by atoms with E-state index in [0.717, 1.165) is 12.0 Å². The fourth-order valence-electron chi connectivity index (χ4n) is 1.03. The maximum absolute atomic E-state index is 9.19. The Hall–Kier alpha value is -0.820. The van der Waals surface area contributed by atoms with E-state index < -0.39 is 0 Å². The van der Waals surface area contributed by atoms with Gasteiger partial charge >= 0.3 is 0 Å². The smallest absolute Gasteiger partial charge is 0.0761 e. The number of aryl methyl sites for hydroxylation is 1. The van der Waals surface area contributed by atoms with Crippen molar-refractivity contribution in [1.29, 1.82) is 0 Å². The molecule has 1 N–H and O–H groups in total. The molecule has 0 fully saturated rings. The second-order valence-corrected chi connectivity index (χ2v) is 2.77. The van der Waals surface area contributed by atoms with Gasteiger partial charge in [0.05, 0.1) is 6.10 Å². The van der Waals surface area contributed by atoms with Crippen molar-refractivity contribution in [3.05, 3.63) is 35.4 Å². The average Bonchev–Trinajstić information content (AvgIpc) is 2.05. The van der Waals surface area contributed by atoms with Crippen LogP contribution in [0.15, 0.2) is 24.3 Å². The van der Waals surface area contributed by atoms with Crippen LogP contribution in [-0.4, -0.2) is 5.11 Å². The Labute approximate surface area is 67.7 Å². The van der Waals surface area contributed by atoms with Crippen molar-refractivity contribution in [2.75, 3.05) is 0 Å². The van der Waals surface area contributed by atoms with Gasteiger partial charge in [0.1, 0.15) is 0 Å². The van der Waals surface area contributed by atoms with Crippen LogP contribution in [0.3, 0.4) is 0 Å². The molecule has 1 nitrogen and oxygen atoms in total. The molecule has 0 amide bonds. The molecule has 0 aliphatic rings. The highest BCUT2D eigenvalue weighted by atomic mass is 16.3. The fourth-order valence-corrected chi connectivity index (χ4v) is 1.03. The van der Waals surface area contributed by atoms with Gasteiger partial charge in [-0.3, -0.25) is 0 Å². The molecule has 1 aromatic carbocycles. The Morgan fingerprint density at radius 2 is 1.82 bits per heavy atom. The third-order valence-electron chi connectivity index (χ3n) is 1.87. The maximum atomic E-state index is 9.19. The molecule has 0 aliphatic heterocycles. The standard InChI is InChI=1S/C10H14O/c1-3-9-4-6-10(7-5-9)8(2)11/h4-8,11H,3H2,1-2H3/t8-/m1/s1. The molecule has 0 aromatic heterocycles. The highest BCUT2D eigenvalue weighted by Crippen LogP contribution is 2.12. The summed E-state index contributed by atoms with van der Waals surface area (Å²) < 4.78 is 0. The van der Waals surface area contributed by atoms with E-state index in [1.807, 2.05) is 12.1 Å². The Balaban J connectivity index is 2.83. The minimum atomic E-state index is -0.346. The molecule has 1 rings (SSSR count). The van der Waals surface area contributed by atoms with Gasteiger partial charge in [-0.15, -0.1) is 0 Å². The summed E-state index contributed by atoms with van der Waals surface area (Å²) in [6, 6.07) is 8.07. The van der Waals surface area contributed by atoms with Gasteiger partial charge in [0, 0.05) is 0 Å². The van der Waals surface area contributed by atoms with Crippen LogP contribution in [0.4, 0.5) is 0 Å². The van der Waals surface area contributed by atoms with Crippen molar-refractivity contribution in [2.24, 2.45) is 0 Å². The number of rotatable bonds is 2. The zero-order chi connectivity index (χ0) is 8.27. The second-order valence-electron chi connectivity index (χ2n) is 2.77. The van der Waals surface area contributed by atoms with Crippen LogP contribution < -0.4 is 0 Å². The van der Waals surface area contributed by atoms with E-state index in [1.54, 1.807) is 6.92 Å². The monoisotopic (exact) mass is 150 g/mol. The average molecular weight is 150 g/mol. The molecule has 1 aromatic rings. The van der Waals surface area contributed by atoms with Gasteiger partial charge in [-0.1, -0.05) is 31.2 Å². The highest BCUT2D eigenvalue weighted by Gasteiger charge is 1.98. The molecule has 0 unspecified atom stereocenters. The summed E-state index contributed by atoms with van der Waals surface area (Å²) in [6.45, 7) is 3.90. The van der Waals surface area contributed by atoms with E-state index in [-0.39, 0.29) is 6.10 Å². The molecule has 0 saturated carbocycles. The van der Waals surface area contributed by atoms with Gasteiger partial charge in [0.15, 0.2) is 0 Å². The number of benzene rings is 1. The van der Waals surface area contributed by atoms with E-state index in [4.69, 9.17) is 0 Å². The van der Waals surface area contributed by atoms with Gasteiger partial charge in [-0.2, -0.15) is 0 Å². The molecular formula is C10H14O. The van der Waals surface area contributed by atoms with Crippen LogP contribution in [0, 0.1) is 0 Å². The van der Waals surface area contributed by atoms with Crippen LogP contribution >= 0.6 is 0 Å². The third-order valence-corrected chi connectivity index (χ3v) is 1.87. The van der Waals surface area contributed by atoms with Crippen molar-refractivity contribution in [2.45, 2.75) is 26.4 Å². The van der Waals surface area contributed by atoms with Crippen molar-refractivity contribution < 1.29 is 5.11 Å². The largest absolute Gasteiger partial charge is 0.389 e. The molecule has 11 heavy (non-hydrogen) atoms. The minimum absolute atomic E-state index is 0.346. The Morgan fingerprint density at radius 3 is 2.18 bits per heavy atom. The van der Waals surface area contributed by atoms with Crippen molar-refractivity contribution in [3.8, 4) is 0 Å². The summed E-state index contributed by atoms with van der Waals surface area (Å²) in [4.78, 5) is 0. The Kier molecular flexibility index (Phi) is 2.66. The predicted molar refractivity (Wildman–Crippen MR) is 46.5 cm³/mol. The number of hydrogen-bond donors (Lipinski definition) is 1. The van der Waals surface area contributed by atoms with Crippen molar-refractivity contribution in [3.63, 3.8) is 0 Å². The lowest BCUT2D eigenvalue weighted by molar-refractivity contribution is 0.199. The summed E-state index contributed by atoms with van der Waals surface area (Å²) in [7, 11) is 0. The quantitative estimate of drug-likeness (QED) is 0.685.